The van der Waals surface area contributed by atoms with Crippen LogP contribution >= 0.6 is 0 Å². The van der Waals surface area contributed by atoms with Gasteiger partial charge in [0.05, 0.1) is 0 Å². The molecule has 0 aromatic carbocycles. The van der Waals surface area contributed by atoms with Crippen LogP contribution in [-0.4, -0.2) is 6.54 Å². The summed E-state index contributed by atoms with van der Waals surface area (Å²) in [5.74, 6) is 4.77. The molecule has 2 fully saturated rings. The van der Waals surface area contributed by atoms with Gasteiger partial charge in [0.2, 0.25) is 0 Å². The fourth-order valence-corrected chi connectivity index (χ4v) is 4.47. The van der Waals surface area contributed by atoms with E-state index in [0.717, 1.165) is 36.1 Å². The Hall–Kier alpha value is -0.0400. The molecule has 2 aliphatic carbocycles. The summed E-state index contributed by atoms with van der Waals surface area (Å²) in [4.78, 5) is 0. The van der Waals surface area contributed by atoms with Crippen LogP contribution in [0, 0.1) is 29.6 Å². The predicted octanol–water partition coefficient (Wildman–Crippen LogP) is 4.21. The van der Waals surface area contributed by atoms with E-state index in [1.165, 1.54) is 51.4 Å². The molecule has 1 nitrogen and oxygen atoms in total. The molecule has 2 aliphatic rings. The van der Waals surface area contributed by atoms with Crippen LogP contribution < -0.4 is 5.73 Å². The molecule has 0 aliphatic heterocycles. The maximum Gasteiger partial charge on any atom is -0.00461 e. The predicted molar refractivity (Wildman–Crippen MR) is 74.8 cm³/mol. The minimum atomic E-state index is 0.841. The van der Waals surface area contributed by atoms with Crippen molar-refractivity contribution in [3.05, 3.63) is 0 Å². The lowest BCUT2D eigenvalue weighted by Gasteiger charge is -2.42. The van der Waals surface area contributed by atoms with Crippen molar-refractivity contribution in [1.82, 2.24) is 0 Å². The van der Waals surface area contributed by atoms with E-state index >= 15 is 0 Å². The van der Waals surface area contributed by atoms with Crippen LogP contribution in [0.3, 0.4) is 0 Å². The maximum absolute atomic E-state index is 6.02. The second kappa shape index (κ2) is 6.22. The van der Waals surface area contributed by atoms with Crippen molar-refractivity contribution >= 4 is 0 Å². The molecule has 5 unspecified atom stereocenters. The van der Waals surface area contributed by atoms with Gasteiger partial charge in [0.25, 0.3) is 0 Å². The summed E-state index contributed by atoms with van der Waals surface area (Å²) >= 11 is 0. The van der Waals surface area contributed by atoms with Crippen molar-refractivity contribution in [3.63, 3.8) is 0 Å². The van der Waals surface area contributed by atoms with Crippen LogP contribution in [0.25, 0.3) is 0 Å². The highest BCUT2D eigenvalue weighted by Gasteiger charge is 2.35. The van der Waals surface area contributed by atoms with E-state index in [1.54, 1.807) is 0 Å². The van der Waals surface area contributed by atoms with E-state index < -0.39 is 0 Å². The van der Waals surface area contributed by atoms with Crippen molar-refractivity contribution in [2.45, 2.75) is 65.2 Å². The van der Waals surface area contributed by atoms with E-state index in [-0.39, 0.29) is 0 Å². The molecular weight excluding hydrogens is 206 g/mol. The number of rotatable bonds is 3. The molecule has 0 aromatic heterocycles. The van der Waals surface area contributed by atoms with Gasteiger partial charge in [-0.05, 0) is 55.4 Å². The average Bonchev–Trinajstić information content (AvgIpc) is 2.38. The summed E-state index contributed by atoms with van der Waals surface area (Å²) in [6.07, 6.45) is 11.6. The van der Waals surface area contributed by atoms with Crippen molar-refractivity contribution in [2.75, 3.05) is 6.54 Å². The Balaban J connectivity index is 1.98. The Labute approximate surface area is 108 Å². The van der Waals surface area contributed by atoms with Crippen LogP contribution in [0.1, 0.15) is 65.2 Å². The lowest BCUT2D eigenvalue weighted by atomic mass is 9.63. The third-order valence-electron chi connectivity index (χ3n) is 5.62. The van der Waals surface area contributed by atoms with Gasteiger partial charge in [0, 0.05) is 0 Å². The zero-order chi connectivity index (χ0) is 12.3. The SMILES string of the molecule is CCC1CCC(CN)C(C2CCCC(C)C2)C1. The van der Waals surface area contributed by atoms with Gasteiger partial charge in [-0.3, -0.25) is 0 Å². The van der Waals surface area contributed by atoms with E-state index in [1.807, 2.05) is 0 Å². The number of nitrogens with two attached hydrogens (primary N) is 1. The largest absolute Gasteiger partial charge is 0.330 e. The Kier molecular flexibility index (Phi) is 4.90. The van der Waals surface area contributed by atoms with Gasteiger partial charge in [-0.25, -0.2) is 0 Å². The van der Waals surface area contributed by atoms with Gasteiger partial charge in [0.15, 0.2) is 0 Å². The fourth-order valence-electron chi connectivity index (χ4n) is 4.47. The molecule has 0 bridgehead atoms. The second-order valence-electron chi connectivity index (χ2n) is 6.78. The molecular formula is C16H31N. The molecule has 5 atom stereocenters. The Morgan fingerprint density at radius 3 is 2.53 bits per heavy atom. The number of hydrogen-bond donors (Lipinski definition) is 1. The molecule has 100 valence electrons. The second-order valence-corrected chi connectivity index (χ2v) is 6.78. The monoisotopic (exact) mass is 237 g/mol. The first kappa shape index (κ1) is 13.4. The topological polar surface area (TPSA) is 26.0 Å². The van der Waals surface area contributed by atoms with Crippen molar-refractivity contribution in [1.29, 1.82) is 0 Å². The van der Waals surface area contributed by atoms with Crippen LogP contribution in [0.15, 0.2) is 0 Å². The molecule has 2 saturated carbocycles. The zero-order valence-corrected chi connectivity index (χ0v) is 11.8. The van der Waals surface area contributed by atoms with Crippen molar-refractivity contribution in [3.8, 4) is 0 Å². The highest BCUT2D eigenvalue weighted by Crippen LogP contribution is 2.44. The van der Waals surface area contributed by atoms with E-state index in [0.29, 0.717) is 0 Å². The van der Waals surface area contributed by atoms with Gasteiger partial charge in [-0.1, -0.05) is 46.0 Å². The fraction of sp³-hybridized carbons (Fsp3) is 1.00. The summed E-state index contributed by atoms with van der Waals surface area (Å²) in [7, 11) is 0. The third-order valence-corrected chi connectivity index (χ3v) is 5.62. The van der Waals surface area contributed by atoms with E-state index in [4.69, 9.17) is 5.73 Å². The van der Waals surface area contributed by atoms with Crippen molar-refractivity contribution in [2.24, 2.45) is 35.3 Å². The van der Waals surface area contributed by atoms with Gasteiger partial charge in [-0.15, -0.1) is 0 Å². The van der Waals surface area contributed by atoms with Crippen LogP contribution in [0.4, 0.5) is 0 Å². The molecule has 0 saturated heterocycles. The van der Waals surface area contributed by atoms with Crippen LogP contribution in [-0.2, 0) is 0 Å². The van der Waals surface area contributed by atoms with E-state index in [2.05, 4.69) is 13.8 Å². The van der Waals surface area contributed by atoms with Gasteiger partial charge < -0.3 is 5.73 Å². The van der Waals surface area contributed by atoms with E-state index in [9.17, 15) is 0 Å². The molecule has 2 N–H and O–H groups in total. The minimum Gasteiger partial charge on any atom is -0.330 e. The summed E-state index contributed by atoms with van der Waals surface area (Å²) < 4.78 is 0. The first-order chi connectivity index (χ1) is 8.24. The average molecular weight is 237 g/mol. The summed E-state index contributed by atoms with van der Waals surface area (Å²) in [6, 6.07) is 0. The normalized spacial score (nSPS) is 43.6. The highest BCUT2D eigenvalue weighted by atomic mass is 14.6. The van der Waals surface area contributed by atoms with Gasteiger partial charge in [-0.2, -0.15) is 0 Å². The highest BCUT2D eigenvalue weighted by molar-refractivity contribution is 4.87. The molecule has 0 aromatic rings. The first-order valence-electron chi connectivity index (χ1n) is 7.94. The standard InChI is InChI=1S/C16H31N/c1-3-13-7-8-15(11-17)16(10-13)14-6-4-5-12(2)9-14/h12-16H,3-11,17H2,1-2H3. The quantitative estimate of drug-likeness (QED) is 0.781. The Morgan fingerprint density at radius 2 is 1.88 bits per heavy atom. The summed E-state index contributed by atoms with van der Waals surface area (Å²) in [6.45, 7) is 5.75. The number of hydrogen-bond acceptors (Lipinski definition) is 1. The molecule has 2 rings (SSSR count). The van der Waals surface area contributed by atoms with Crippen LogP contribution in [0.2, 0.25) is 0 Å². The van der Waals surface area contributed by atoms with Crippen LogP contribution in [0.5, 0.6) is 0 Å². The van der Waals surface area contributed by atoms with Gasteiger partial charge >= 0.3 is 0 Å². The molecule has 17 heavy (non-hydrogen) atoms. The Morgan fingerprint density at radius 1 is 1.06 bits per heavy atom. The smallest absolute Gasteiger partial charge is 0.00461 e. The first-order valence-corrected chi connectivity index (χ1v) is 7.94. The van der Waals surface area contributed by atoms with Crippen molar-refractivity contribution < 1.29 is 0 Å². The molecule has 0 amide bonds. The summed E-state index contributed by atoms with van der Waals surface area (Å²) in [5.41, 5.74) is 6.02. The minimum absolute atomic E-state index is 0.841. The molecule has 1 heteroatoms. The maximum atomic E-state index is 6.02. The third kappa shape index (κ3) is 3.24. The lowest BCUT2D eigenvalue weighted by molar-refractivity contribution is 0.0853. The molecule has 0 spiro atoms. The molecule has 0 radical (unpaired) electrons. The Bertz CT molecular complexity index is 226. The van der Waals surface area contributed by atoms with Gasteiger partial charge in [0.1, 0.15) is 0 Å². The molecule has 0 heterocycles. The zero-order valence-electron chi connectivity index (χ0n) is 11.8. The lowest BCUT2D eigenvalue weighted by Crippen LogP contribution is -2.36. The summed E-state index contributed by atoms with van der Waals surface area (Å²) in [5, 5.41) is 0.